The highest BCUT2D eigenvalue weighted by molar-refractivity contribution is 5.62. The lowest BCUT2D eigenvalue weighted by Crippen LogP contribution is -2.18. The lowest BCUT2D eigenvalue weighted by molar-refractivity contribution is -0.137. The minimum Gasteiger partial charge on any atom is -0.487 e. The van der Waals surface area contributed by atoms with Gasteiger partial charge in [0.2, 0.25) is 0 Å². The van der Waals surface area contributed by atoms with Crippen molar-refractivity contribution in [2.45, 2.75) is 25.1 Å². The fourth-order valence-corrected chi connectivity index (χ4v) is 1.55. The molecule has 0 aromatic carbocycles. The van der Waals surface area contributed by atoms with E-state index in [1.165, 1.54) is 11.1 Å². The topological polar surface area (TPSA) is 25.4 Å². The third kappa shape index (κ3) is 2.62. The predicted molar refractivity (Wildman–Crippen MR) is 57.2 cm³/mol. The normalized spacial score (nSPS) is 15.8. The van der Waals surface area contributed by atoms with Gasteiger partial charge in [-0.25, -0.2) is 0 Å². The van der Waals surface area contributed by atoms with Gasteiger partial charge in [-0.2, -0.15) is 13.2 Å². The van der Waals surface area contributed by atoms with Crippen LogP contribution in [0.4, 0.5) is 18.9 Å². The Morgan fingerprint density at radius 1 is 1.29 bits per heavy atom. The number of hydrogen-bond donors (Lipinski definition) is 0. The largest absolute Gasteiger partial charge is 0.487 e. The molecule has 1 aliphatic rings. The maximum atomic E-state index is 12.8. The van der Waals surface area contributed by atoms with Gasteiger partial charge in [-0.3, -0.25) is 4.98 Å². The van der Waals surface area contributed by atoms with E-state index in [0.717, 1.165) is 19.0 Å². The van der Waals surface area contributed by atoms with Crippen LogP contribution in [0.15, 0.2) is 12.4 Å². The molecule has 3 nitrogen and oxygen atoms in total. The molecule has 17 heavy (non-hydrogen) atoms. The number of hydrogen-bond acceptors (Lipinski definition) is 3. The molecule has 1 aromatic heterocycles. The van der Waals surface area contributed by atoms with Gasteiger partial charge in [0, 0.05) is 20.3 Å². The maximum Gasteiger partial charge on any atom is 0.420 e. The summed E-state index contributed by atoms with van der Waals surface area (Å²) in [6, 6.07) is 0. The SMILES string of the molecule is CN(C)c1c(OC2CC2)cncc1C(F)(F)F. The van der Waals surface area contributed by atoms with Crippen molar-refractivity contribution in [1.82, 2.24) is 4.98 Å². The molecule has 1 fully saturated rings. The number of anilines is 1. The Hall–Kier alpha value is -1.46. The number of aromatic nitrogens is 1. The Balaban J connectivity index is 2.44. The summed E-state index contributed by atoms with van der Waals surface area (Å²) in [5, 5.41) is 0. The second-order valence-electron chi connectivity index (χ2n) is 4.24. The summed E-state index contributed by atoms with van der Waals surface area (Å²) in [6.45, 7) is 0. The van der Waals surface area contributed by atoms with Crippen LogP contribution in [0.25, 0.3) is 0 Å². The molecule has 1 aliphatic carbocycles. The molecule has 94 valence electrons. The van der Waals surface area contributed by atoms with E-state index in [2.05, 4.69) is 4.98 Å². The Morgan fingerprint density at radius 3 is 2.41 bits per heavy atom. The van der Waals surface area contributed by atoms with Crippen molar-refractivity contribution in [3.05, 3.63) is 18.0 Å². The molecule has 0 unspecified atom stereocenters. The first-order valence-corrected chi connectivity index (χ1v) is 5.29. The summed E-state index contributed by atoms with van der Waals surface area (Å²) < 4.78 is 43.9. The fourth-order valence-electron chi connectivity index (χ4n) is 1.55. The third-order valence-electron chi connectivity index (χ3n) is 2.45. The third-order valence-corrected chi connectivity index (χ3v) is 2.45. The van der Waals surface area contributed by atoms with Crippen LogP contribution in [-0.4, -0.2) is 25.2 Å². The number of pyridine rings is 1. The second-order valence-corrected chi connectivity index (χ2v) is 4.24. The van der Waals surface area contributed by atoms with E-state index >= 15 is 0 Å². The van der Waals surface area contributed by atoms with Crippen LogP contribution < -0.4 is 9.64 Å². The van der Waals surface area contributed by atoms with Gasteiger partial charge in [0.05, 0.1) is 18.0 Å². The van der Waals surface area contributed by atoms with Gasteiger partial charge >= 0.3 is 6.18 Å². The first-order valence-electron chi connectivity index (χ1n) is 5.29. The molecular weight excluding hydrogens is 233 g/mol. The molecule has 1 aromatic rings. The smallest absolute Gasteiger partial charge is 0.420 e. The van der Waals surface area contributed by atoms with Gasteiger partial charge in [0.25, 0.3) is 0 Å². The van der Waals surface area contributed by atoms with Crippen molar-refractivity contribution < 1.29 is 17.9 Å². The van der Waals surface area contributed by atoms with Crippen molar-refractivity contribution in [2.75, 3.05) is 19.0 Å². The number of rotatable bonds is 3. The first-order chi connectivity index (χ1) is 7.89. The Labute approximate surface area is 97.2 Å². The average Bonchev–Trinajstić information content (AvgIpc) is 2.99. The van der Waals surface area contributed by atoms with Gasteiger partial charge in [-0.05, 0) is 12.8 Å². The highest BCUT2D eigenvalue weighted by atomic mass is 19.4. The molecule has 1 heterocycles. The van der Waals surface area contributed by atoms with Gasteiger partial charge in [-0.1, -0.05) is 0 Å². The van der Waals surface area contributed by atoms with Crippen LogP contribution in [0.1, 0.15) is 18.4 Å². The molecule has 0 bridgehead atoms. The molecule has 0 amide bonds. The van der Waals surface area contributed by atoms with E-state index in [-0.39, 0.29) is 17.5 Å². The van der Waals surface area contributed by atoms with Crippen molar-refractivity contribution >= 4 is 5.69 Å². The number of ether oxygens (including phenoxy) is 1. The zero-order valence-electron chi connectivity index (χ0n) is 9.58. The standard InChI is InChI=1S/C11H13F3N2O/c1-16(2)10-8(11(12,13)14)5-15-6-9(10)17-7-3-4-7/h5-7H,3-4H2,1-2H3. The zero-order chi connectivity index (χ0) is 12.6. The summed E-state index contributed by atoms with van der Waals surface area (Å²) in [5.74, 6) is 0.201. The molecule has 1 saturated carbocycles. The summed E-state index contributed by atoms with van der Waals surface area (Å²) in [6.07, 6.45) is -0.432. The van der Waals surface area contributed by atoms with Gasteiger partial charge < -0.3 is 9.64 Å². The van der Waals surface area contributed by atoms with E-state index in [1.54, 1.807) is 14.1 Å². The van der Waals surface area contributed by atoms with Crippen molar-refractivity contribution in [2.24, 2.45) is 0 Å². The Kier molecular flexibility index (Phi) is 2.89. The minimum atomic E-state index is -4.42. The van der Waals surface area contributed by atoms with Gasteiger partial charge in [0.1, 0.15) is 5.56 Å². The predicted octanol–water partition coefficient (Wildman–Crippen LogP) is 2.71. The van der Waals surface area contributed by atoms with E-state index in [9.17, 15) is 13.2 Å². The van der Waals surface area contributed by atoms with Crippen molar-refractivity contribution in [3.63, 3.8) is 0 Å². The van der Waals surface area contributed by atoms with E-state index < -0.39 is 11.7 Å². The zero-order valence-corrected chi connectivity index (χ0v) is 9.58. The molecule has 0 saturated heterocycles. The number of halogens is 3. The van der Waals surface area contributed by atoms with Crippen LogP contribution >= 0.6 is 0 Å². The molecule has 2 rings (SSSR count). The summed E-state index contributed by atoms with van der Waals surface area (Å²) in [7, 11) is 3.12. The molecule has 0 aliphatic heterocycles. The lowest BCUT2D eigenvalue weighted by atomic mass is 10.2. The molecule has 6 heteroatoms. The van der Waals surface area contributed by atoms with Crippen LogP contribution in [0.5, 0.6) is 5.75 Å². The highest BCUT2D eigenvalue weighted by Crippen LogP contribution is 2.42. The average molecular weight is 246 g/mol. The quantitative estimate of drug-likeness (QED) is 0.820. The molecule has 0 atom stereocenters. The number of nitrogens with zero attached hydrogens (tertiary/aromatic N) is 2. The van der Waals surface area contributed by atoms with Crippen LogP contribution in [0, 0.1) is 0 Å². The highest BCUT2D eigenvalue weighted by Gasteiger charge is 2.37. The fraction of sp³-hybridized carbons (Fsp3) is 0.545. The van der Waals surface area contributed by atoms with E-state index in [4.69, 9.17) is 4.74 Å². The van der Waals surface area contributed by atoms with Gasteiger partial charge in [-0.15, -0.1) is 0 Å². The van der Waals surface area contributed by atoms with Crippen LogP contribution in [0.2, 0.25) is 0 Å². The second kappa shape index (κ2) is 4.09. The molecule has 0 N–H and O–H groups in total. The van der Waals surface area contributed by atoms with E-state index in [1.807, 2.05) is 0 Å². The van der Waals surface area contributed by atoms with Crippen molar-refractivity contribution in [3.8, 4) is 5.75 Å². The Morgan fingerprint density at radius 2 is 1.94 bits per heavy atom. The van der Waals surface area contributed by atoms with Crippen LogP contribution in [-0.2, 0) is 6.18 Å². The summed E-state index contributed by atoms with van der Waals surface area (Å²) >= 11 is 0. The summed E-state index contributed by atoms with van der Waals surface area (Å²) in [4.78, 5) is 5.01. The van der Waals surface area contributed by atoms with E-state index in [0.29, 0.717) is 0 Å². The maximum absolute atomic E-state index is 12.8. The minimum absolute atomic E-state index is 0.0407. The first kappa shape index (κ1) is 12.0. The lowest BCUT2D eigenvalue weighted by Gasteiger charge is -2.22. The Bertz CT molecular complexity index is 414. The van der Waals surface area contributed by atoms with Gasteiger partial charge in [0.15, 0.2) is 5.75 Å². The number of alkyl halides is 3. The van der Waals surface area contributed by atoms with Crippen LogP contribution in [0.3, 0.4) is 0 Å². The molecular formula is C11H13F3N2O. The monoisotopic (exact) mass is 246 g/mol. The molecule has 0 radical (unpaired) electrons. The van der Waals surface area contributed by atoms with Crippen molar-refractivity contribution in [1.29, 1.82) is 0 Å². The summed E-state index contributed by atoms with van der Waals surface area (Å²) in [5.41, 5.74) is -0.722. The molecule has 0 spiro atoms.